The Morgan fingerprint density at radius 3 is 2.52 bits per heavy atom. The van der Waals surface area contributed by atoms with Gasteiger partial charge in [-0.25, -0.2) is 0 Å². The van der Waals surface area contributed by atoms with Crippen molar-refractivity contribution in [3.8, 4) is 0 Å². The standard InChI is InChI=1S/C19H24O6/c1-14(20)23-13-18-17(24-15(2)21)10-11-19(25-18)22-12-6-9-16-7-4-3-5-8-16/h3-5,7-8,10-11,17-19H,6,9,12-13H2,1-2H3/t17-,18+,19?/m0/s1. The van der Waals surface area contributed by atoms with E-state index in [2.05, 4.69) is 12.1 Å². The molecule has 0 radical (unpaired) electrons. The molecule has 25 heavy (non-hydrogen) atoms. The molecule has 1 aliphatic heterocycles. The molecule has 0 aromatic heterocycles. The Kier molecular flexibility index (Phi) is 7.63. The highest BCUT2D eigenvalue weighted by molar-refractivity contribution is 5.66. The van der Waals surface area contributed by atoms with Crippen molar-refractivity contribution < 1.29 is 28.5 Å². The lowest BCUT2D eigenvalue weighted by molar-refractivity contribution is -0.197. The van der Waals surface area contributed by atoms with Gasteiger partial charge < -0.3 is 18.9 Å². The predicted molar refractivity (Wildman–Crippen MR) is 90.7 cm³/mol. The molecule has 1 unspecified atom stereocenters. The van der Waals surface area contributed by atoms with E-state index in [0.717, 1.165) is 12.8 Å². The minimum Gasteiger partial charge on any atom is -0.463 e. The van der Waals surface area contributed by atoms with Gasteiger partial charge in [-0.15, -0.1) is 0 Å². The second-order valence-corrected chi connectivity index (χ2v) is 5.76. The van der Waals surface area contributed by atoms with Crippen LogP contribution in [0, 0.1) is 0 Å². The quantitative estimate of drug-likeness (QED) is 0.408. The van der Waals surface area contributed by atoms with Crippen molar-refractivity contribution >= 4 is 11.9 Å². The summed E-state index contributed by atoms with van der Waals surface area (Å²) in [5.74, 6) is -0.839. The molecule has 1 aliphatic rings. The third-order valence-corrected chi connectivity index (χ3v) is 3.62. The van der Waals surface area contributed by atoms with E-state index < -0.39 is 30.4 Å². The Morgan fingerprint density at radius 2 is 1.84 bits per heavy atom. The summed E-state index contributed by atoms with van der Waals surface area (Å²) in [7, 11) is 0. The maximum Gasteiger partial charge on any atom is 0.303 e. The van der Waals surface area contributed by atoms with Crippen LogP contribution in [0.5, 0.6) is 0 Å². The first kappa shape index (κ1) is 19.1. The summed E-state index contributed by atoms with van der Waals surface area (Å²) in [5, 5.41) is 0. The van der Waals surface area contributed by atoms with E-state index in [4.69, 9.17) is 18.9 Å². The van der Waals surface area contributed by atoms with Crippen LogP contribution in [-0.4, -0.2) is 43.7 Å². The number of hydrogen-bond acceptors (Lipinski definition) is 6. The molecule has 2 rings (SSSR count). The summed E-state index contributed by atoms with van der Waals surface area (Å²) in [6, 6.07) is 10.2. The SMILES string of the molecule is CC(=O)OC[C@H]1OC(OCCCc2ccccc2)C=C[C@@H]1OC(C)=O. The van der Waals surface area contributed by atoms with E-state index >= 15 is 0 Å². The molecule has 6 nitrogen and oxygen atoms in total. The van der Waals surface area contributed by atoms with E-state index in [-0.39, 0.29) is 6.61 Å². The zero-order valence-electron chi connectivity index (χ0n) is 14.6. The number of esters is 2. The molecule has 3 atom stereocenters. The maximum atomic E-state index is 11.2. The third-order valence-electron chi connectivity index (χ3n) is 3.62. The van der Waals surface area contributed by atoms with Crippen LogP contribution in [0.1, 0.15) is 25.8 Å². The number of ether oxygens (including phenoxy) is 4. The largest absolute Gasteiger partial charge is 0.463 e. The Morgan fingerprint density at radius 1 is 1.08 bits per heavy atom. The first-order chi connectivity index (χ1) is 12.0. The van der Waals surface area contributed by atoms with Crippen LogP contribution in [-0.2, 0) is 35.0 Å². The molecule has 0 amide bonds. The molecule has 0 fully saturated rings. The fourth-order valence-electron chi connectivity index (χ4n) is 2.47. The fraction of sp³-hybridized carbons (Fsp3) is 0.474. The molecule has 1 heterocycles. The number of rotatable bonds is 8. The van der Waals surface area contributed by atoms with Crippen LogP contribution in [0.3, 0.4) is 0 Å². The van der Waals surface area contributed by atoms with Gasteiger partial charge in [-0.1, -0.05) is 30.3 Å². The maximum absolute atomic E-state index is 11.2. The van der Waals surface area contributed by atoms with Crippen molar-refractivity contribution in [3.05, 3.63) is 48.0 Å². The molecule has 0 saturated carbocycles. The number of hydrogen-bond donors (Lipinski definition) is 0. The highest BCUT2D eigenvalue weighted by atomic mass is 16.7. The van der Waals surface area contributed by atoms with Crippen molar-refractivity contribution in [3.63, 3.8) is 0 Å². The smallest absolute Gasteiger partial charge is 0.303 e. The average molecular weight is 348 g/mol. The number of benzene rings is 1. The molecule has 0 N–H and O–H groups in total. The Bertz CT molecular complexity index is 583. The number of carbonyl (C=O) groups is 2. The zero-order chi connectivity index (χ0) is 18.1. The van der Waals surface area contributed by atoms with Crippen molar-refractivity contribution in [2.45, 2.75) is 45.2 Å². The van der Waals surface area contributed by atoms with Crippen molar-refractivity contribution in [1.29, 1.82) is 0 Å². The molecule has 1 aromatic carbocycles. The van der Waals surface area contributed by atoms with E-state index in [1.807, 2.05) is 18.2 Å². The molecule has 0 aliphatic carbocycles. The summed E-state index contributed by atoms with van der Waals surface area (Å²) in [6.45, 7) is 3.17. The lowest BCUT2D eigenvalue weighted by Gasteiger charge is -2.31. The molecule has 0 spiro atoms. The Labute approximate surface area is 147 Å². The van der Waals surface area contributed by atoms with Crippen LogP contribution < -0.4 is 0 Å². The van der Waals surface area contributed by atoms with Gasteiger partial charge in [-0.05, 0) is 30.6 Å². The highest BCUT2D eigenvalue weighted by Crippen LogP contribution is 2.18. The van der Waals surface area contributed by atoms with Gasteiger partial charge >= 0.3 is 11.9 Å². The van der Waals surface area contributed by atoms with Gasteiger partial charge in [0.1, 0.15) is 18.8 Å². The Balaban J connectivity index is 1.80. The molecular formula is C19H24O6. The van der Waals surface area contributed by atoms with Crippen LogP contribution in [0.25, 0.3) is 0 Å². The summed E-state index contributed by atoms with van der Waals surface area (Å²) < 4.78 is 21.6. The first-order valence-electron chi connectivity index (χ1n) is 8.34. The number of carbonyl (C=O) groups excluding carboxylic acids is 2. The summed E-state index contributed by atoms with van der Waals surface area (Å²) in [6.07, 6.45) is 3.46. The minimum atomic E-state index is -0.596. The van der Waals surface area contributed by atoms with Gasteiger partial charge in [0.15, 0.2) is 6.29 Å². The van der Waals surface area contributed by atoms with Gasteiger partial charge in [0.05, 0.1) is 6.61 Å². The van der Waals surface area contributed by atoms with Gasteiger partial charge in [-0.3, -0.25) is 9.59 Å². The zero-order valence-corrected chi connectivity index (χ0v) is 14.6. The first-order valence-corrected chi connectivity index (χ1v) is 8.34. The second kappa shape index (κ2) is 9.96. The van der Waals surface area contributed by atoms with Crippen LogP contribution in [0.15, 0.2) is 42.5 Å². The van der Waals surface area contributed by atoms with Gasteiger partial charge in [0.2, 0.25) is 0 Å². The highest BCUT2D eigenvalue weighted by Gasteiger charge is 2.30. The minimum absolute atomic E-state index is 0.00148. The third kappa shape index (κ3) is 7.07. The van der Waals surface area contributed by atoms with Crippen LogP contribution in [0.4, 0.5) is 0 Å². The average Bonchev–Trinajstić information content (AvgIpc) is 2.59. The second-order valence-electron chi connectivity index (χ2n) is 5.76. The van der Waals surface area contributed by atoms with Crippen LogP contribution >= 0.6 is 0 Å². The molecule has 136 valence electrons. The summed E-state index contributed by atoms with van der Waals surface area (Å²) >= 11 is 0. The molecule has 0 bridgehead atoms. The molecule has 0 saturated heterocycles. The molecule has 6 heteroatoms. The molecular weight excluding hydrogens is 324 g/mol. The summed E-state index contributed by atoms with van der Waals surface area (Å²) in [4.78, 5) is 22.2. The fourth-order valence-corrected chi connectivity index (χ4v) is 2.47. The lowest BCUT2D eigenvalue weighted by Crippen LogP contribution is -2.42. The monoisotopic (exact) mass is 348 g/mol. The van der Waals surface area contributed by atoms with Gasteiger partial charge in [0, 0.05) is 13.8 Å². The van der Waals surface area contributed by atoms with Gasteiger partial charge in [0.25, 0.3) is 0 Å². The van der Waals surface area contributed by atoms with Crippen LogP contribution in [0.2, 0.25) is 0 Å². The molecule has 1 aromatic rings. The number of aryl methyl sites for hydroxylation is 1. The van der Waals surface area contributed by atoms with E-state index in [1.165, 1.54) is 19.4 Å². The van der Waals surface area contributed by atoms with Crippen molar-refractivity contribution in [2.24, 2.45) is 0 Å². The van der Waals surface area contributed by atoms with E-state index in [1.54, 1.807) is 12.2 Å². The topological polar surface area (TPSA) is 71.1 Å². The van der Waals surface area contributed by atoms with Crippen molar-refractivity contribution in [1.82, 2.24) is 0 Å². The van der Waals surface area contributed by atoms with E-state index in [0.29, 0.717) is 6.61 Å². The summed E-state index contributed by atoms with van der Waals surface area (Å²) in [5.41, 5.74) is 1.26. The van der Waals surface area contributed by atoms with Gasteiger partial charge in [-0.2, -0.15) is 0 Å². The van der Waals surface area contributed by atoms with Crippen molar-refractivity contribution in [2.75, 3.05) is 13.2 Å². The Hall–Kier alpha value is -2.18. The van der Waals surface area contributed by atoms with E-state index in [9.17, 15) is 9.59 Å². The normalized spacial score (nSPS) is 22.4. The lowest BCUT2D eigenvalue weighted by atomic mass is 10.1. The predicted octanol–water partition coefficient (Wildman–Crippen LogP) is 2.41.